The Balaban J connectivity index is 1.90. The van der Waals surface area contributed by atoms with Crippen LogP contribution in [-0.2, 0) is 12.8 Å². The number of hydrogen-bond donors (Lipinski definition) is 1. The average Bonchev–Trinajstić information content (AvgIpc) is 2.87. The summed E-state index contributed by atoms with van der Waals surface area (Å²) in [6.07, 6.45) is 4.38. The van der Waals surface area contributed by atoms with Gasteiger partial charge in [0.2, 0.25) is 0 Å². The summed E-state index contributed by atoms with van der Waals surface area (Å²) in [4.78, 5) is 4.10. The summed E-state index contributed by atoms with van der Waals surface area (Å²) in [6, 6.07) is 6.03. The lowest BCUT2D eigenvalue weighted by atomic mass is 9.97. The molecule has 0 spiro atoms. The summed E-state index contributed by atoms with van der Waals surface area (Å²) in [5.74, 6) is 0.939. The fourth-order valence-corrected chi connectivity index (χ4v) is 3.19. The van der Waals surface area contributed by atoms with E-state index < -0.39 is 6.10 Å². The third-order valence-corrected chi connectivity index (χ3v) is 4.14. The lowest BCUT2D eigenvalue weighted by molar-refractivity contribution is 0.176. The molecule has 1 atom stereocenters. The smallest absolute Gasteiger partial charge is 0.125 e. The maximum Gasteiger partial charge on any atom is 0.125 e. The Morgan fingerprint density at radius 3 is 3.10 bits per heavy atom. The minimum absolute atomic E-state index is 0.536. The van der Waals surface area contributed by atoms with Gasteiger partial charge in [-0.1, -0.05) is 15.9 Å². The highest BCUT2D eigenvalue weighted by Gasteiger charge is 2.20. The van der Waals surface area contributed by atoms with Crippen LogP contribution in [0, 0.1) is 6.92 Å². The minimum Gasteiger partial charge on any atom is -0.493 e. The second kappa shape index (κ2) is 5.54. The molecule has 0 aliphatic carbocycles. The number of fused-ring (bicyclic) bond motifs is 1. The van der Waals surface area contributed by atoms with Crippen molar-refractivity contribution in [3.05, 3.63) is 57.3 Å². The molecule has 1 aliphatic heterocycles. The van der Waals surface area contributed by atoms with E-state index in [2.05, 4.69) is 27.0 Å². The third kappa shape index (κ3) is 2.58. The number of ether oxygens (including phenoxy) is 1. The number of halogens is 1. The van der Waals surface area contributed by atoms with Crippen LogP contribution in [0.3, 0.4) is 0 Å². The van der Waals surface area contributed by atoms with E-state index in [1.807, 2.05) is 19.1 Å². The zero-order chi connectivity index (χ0) is 14.1. The van der Waals surface area contributed by atoms with Crippen molar-refractivity contribution in [2.75, 3.05) is 6.61 Å². The molecule has 2 heterocycles. The van der Waals surface area contributed by atoms with Crippen LogP contribution >= 0.6 is 15.9 Å². The van der Waals surface area contributed by atoms with Crippen molar-refractivity contribution >= 4 is 15.9 Å². The van der Waals surface area contributed by atoms with E-state index in [1.54, 1.807) is 12.4 Å². The van der Waals surface area contributed by atoms with Crippen LogP contribution in [0.5, 0.6) is 5.75 Å². The number of aliphatic hydroxyl groups is 1. The Morgan fingerprint density at radius 2 is 2.30 bits per heavy atom. The van der Waals surface area contributed by atoms with Gasteiger partial charge in [0, 0.05) is 35.3 Å². The average molecular weight is 334 g/mol. The summed E-state index contributed by atoms with van der Waals surface area (Å²) in [7, 11) is 0. The van der Waals surface area contributed by atoms with Crippen LogP contribution in [0.2, 0.25) is 0 Å². The molecule has 0 radical (unpaired) electrons. The predicted molar refractivity (Wildman–Crippen MR) is 81.0 cm³/mol. The largest absolute Gasteiger partial charge is 0.493 e. The predicted octanol–water partition coefficient (Wildman–Crippen LogP) is 3.36. The molecule has 20 heavy (non-hydrogen) atoms. The molecule has 3 rings (SSSR count). The molecule has 104 valence electrons. The fraction of sp³-hybridized carbons (Fsp3) is 0.312. The zero-order valence-corrected chi connectivity index (χ0v) is 12.9. The topological polar surface area (TPSA) is 42.4 Å². The first kappa shape index (κ1) is 13.6. The van der Waals surface area contributed by atoms with Crippen molar-refractivity contribution < 1.29 is 9.84 Å². The Labute approximate surface area is 126 Å². The van der Waals surface area contributed by atoms with Crippen molar-refractivity contribution in [1.82, 2.24) is 4.98 Å². The summed E-state index contributed by atoms with van der Waals surface area (Å²) in [5.41, 5.74) is 4.19. The number of rotatable bonds is 3. The molecule has 1 aliphatic rings. The van der Waals surface area contributed by atoms with Crippen LogP contribution in [0.4, 0.5) is 0 Å². The molecule has 1 aromatic carbocycles. The molecule has 0 saturated heterocycles. The number of hydrogen-bond acceptors (Lipinski definition) is 3. The van der Waals surface area contributed by atoms with E-state index in [4.69, 9.17) is 4.74 Å². The van der Waals surface area contributed by atoms with Gasteiger partial charge >= 0.3 is 0 Å². The van der Waals surface area contributed by atoms with E-state index in [0.717, 1.165) is 39.9 Å². The van der Waals surface area contributed by atoms with E-state index in [9.17, 15) is 5.11 Å². The van der Waals surface area contributed by atoms with Crippen molar-refractivity contribution in [1.29, 1.82) is 0 Å². The SMILES string of the molecule is Cc1ccncc1C(O)Cc1cc(Br)cc2c1OCC2. The molecule has 3 nitrogen and oxygen atoms in total. The molecule has 1 unspecified atom stereocenters. The quantitative estimate of drug-likeness (QED) is 0.936. The third-order valence-electron chi connectivity index (χ3n) is 3.68. The molecular formula is C16H16BrNO2. The first-order valence-corrected chi connectivity index (χ1v) is 7.47. The van der Waals surface area contributed by atoms with E-state index in [0.29, 0.717) is 6.42 Å². The minimum atomic E-state index is -0.564. The van der Waals surface area contributed by atoms with Crippen molar-refractivity contribution in [3.63, 3.8) is 0 Å². The molecule has 0 saturated carbocycles. The molecule has 1 N–H and O–H groups in total. The molecule has 0 amide bonds. The molecule has 2 aromatic rings. The van der Waals surface area contributed by atoms with Gasteiger partial charge < -0.3 is 9.84 Å². The van der Waals surface area contributed by atoms with Gasteiger partial charge in [0.05, 0.1) is 12.7 Å². The maximum absolute atomic E-state index is 10.5. The van der Waals surface area contributed by atoms with Crippen LogP contribution in [0.15, 0.2) is 35.1 Å². The van der Waals surface area contributed by atoms with Gasteiger partial charge in [-0.25, -0.2) is 0 Å². The molecule has 4 heteroatoms. The van der Waals surface area contributed by atoms with Gasteiger partial charge in [0.25, 0.3) is 0 Å². The second-order valence-electron chi connectivity index (χ2n) is 5.10. The number of pyridine rings is 1. The van der Waals surface area contributed by atoms with Gasteiger partial charge in [0.15, 0.2) is 0 Å². The highest BCUT2D eigenvalue weighted by Crippen LogP contribution is 2.35. The van der Waals surface area contributed by atoms with Crippen LogP contribution in [0.25, 0.3) is 0 Å². The van der Waals surface area contributed by atoms with E-state index >= 15 is 0 Å². The Morgan fingerprint density at radius 1 is 1.45 bits per heavy atom. The summed E-state index contributed by atoms with van der Waals surface area (Å²) in [5, 5.41) is 10.5. The lowest BCUT2D eigenvalue weighted by Crippen LogP contribution is -2.05. The Hall–Kier alpha value is -1.39. The van der Waals surface area contributed by atoms with Gasteiger partial charge in [-0.2, -0.15) is 0 Å². The van der Waals surface area contributed by atoms with Crippen molar-refractivity contribution in [2.24, 2.45) is 0 Å². The van der Waals surface area contributed by atoms with Crippen molar-refractivity contribution in [3.8, 4) is 5.75 Å². The highest BCUT2D eigenvalue weighted by atomic mass is 79.9. The first-order valence-electron chi connectivity index (χ1n) is 6.68. The maximum atomic E-state index is 10.5. The molecular weight excluding hydrogens is 318 g/mol. The Kier molecular flexibility index (Phi) is 3.76. The number of benzene rings is 1. The standard InChI is InChI=1S/C16H16BrNO2/c1-10-2-4-18-9-14(10)15(19)8-12-7-13(17)6-11-3-5-20-16(11)12/h2,4,6-7,9,15,19H,3,5,8H2,1H3. The van der Waals surface area contributed by atoms with Crippen molar-refractivity contribution in [2.45, 2.75) is 25.9 Å². The number of aromatic nitrogens is 1. The van der Waals surface area contributed by atoms with E-state index in [-0.39, 0.29) is 0 Å². The number of aliphatic hydroxyl groups excluding tert-OH is 1. The lowest BCUT2D eigenvalue weighted by Gasteiger charge is -2.15. The van der Waals surface area contributed by atoms with Gasteiger partial charge in [0.1, 0.15) is 5.75 Å². The monoisotopic (exact) mass is 333 g/mol. The zero-order valence-electron chi connectivity index (χ0n) is 11.3. The summed E-state index contributed by atoms with van der Waals surface area (Å²) >= 11 is 3.53. The van der Waals surface area contributed by atoms with Crippen LogP contribution < -0.4 is 4.74 Å². The highest BCUT2D eigenvalue weighted by molar-refractivity contribution is 9.10. The van der Waals surface area contributed by atoms with Gasteiger partial charge in [-0.15, -0.1) is 0 Å². The number of aryl methyl sites for hydroxylation is 1. The Bertz CT molecular complexity index is 642. The normalized spacial score (nSPS) is 14.8. The van der Waals surface area contributed by atoms with Crippen LogP contribution in [0.1, 0.15) is 28.4 Å². The molecule has 0 bridgehead atoms. The summed E-state index contributed by atoms with van der Waals surface area (Å²) in [6.45, 7) is 2.71. The van der Waals surface area contributed by atoms with Gasteiger partial charge in [-0.05, 0) is 41.8 Å². The molecule has 1 aromatic heterocycles. The van der Waals surface area contributed by atoms with Crippen LogP contribution in [-0.4, -0.2) is 16.7 Å². The number of nitrogens with zero attached hydrogens (tertiary/aromatic N) is 1. The summed E-state index contributed by atoms with van der Waals surface area (Å²) < 4.78 is 6.74. The second-order valence-corrected chi connectivity index (χ2v) is 6.02. The first-order chi connectivity index (χ1) is 9.65. The van der Waals surface area contributed by atoms with Gasteiger partial charge in [-0.3, -0.25) is 4.98 Å². The molecule has 0 fully saturated rings. The van der Waals surface area contributed by atoms with E-state index in [1.165, 1.54) is 5.56 Å². The fourth-order valence-electron chi connectivity index (χ4n) is 2.64.